The first kappa shape index (κ1) is 12.2. The smallest absolute Gasteiger partial charge is 0.350 e. The van der Waals surface area contributed by atoms with Gasteiger partial charge in [0.15, 0.2) is 5.01 Å². The Morgan fingerprint density at radius 1 is 1.67 bits per heavy atom. The van der Waals surface area contributed by atoms with Gasteiger partial charge in [-0.15, -0.1) is 0 Å². The van der Waals surface area contributed by atoms with E-state index in [0.717, 1.165) is 0 Å². The quantitative estimate of drug-likeness (QED) is 0.476. The lowest BCUT2D eigenvalue weighted by atomic mass is 10.4. The summed E-state index contributed by atoms with van der Waals surface area (Å²) in [4.78, 5) is 16.2. The van der Waals surface area contributed by atoms with Crippen molar-refractivity contribution in [3.63, 3.8) is 0 Å². The molecule has 0 aromatic carbocycles. The molecular formula is C10H10BrNO2S. The van der Waals surface area contributed by atoms with Crippen LogP contribution in [0, 0.1) is 18.8 Å². The summed E-state index contributed by atoms with van der Waals surface area (Å²) in [6.45, 7) is 3.93. The summed E-state index contributed by atoms with van der Waals surface area (Å²) in [6, 6.07) is 0. The number of esters is 1. The summed E-state index contributed by atoms with van der Waals surface area (Å²) < 4.78 is 4.90. The van der Waals surface area contributed by atoms with Crippen LogP contribution in [0.2, 0.25) is 0 Å². The molecule has 15 heavy (non-hydrogen) atoms. The van der Waals surface area contributed by atoms with Crippen molar-refractivity contribution in [2.75, 3.05) is 11.9 Å². The Hall–Kier alpha value is -0.860. The van der Waals surface area contributed by atoms with Crippen LogP contribution in [-0.4, -0.2) is 22.9 Å². The Balaban J connectivity index is 2.91. The van der Waals surface area contributed by atoms with E-state index in [0.29, 0.717) is 27.5 Å². The first-order valence-electron chi connectivity index (χ1n) is 4.38. The van der Waals surface area contributed by atoms with Crippen LogP contribution >= 0.6 is 27.3 Å². The second kappa shape index (κ2) is 5.89. The summed E-state index contributed by atoms with van der Waals surface area (Å²) in [7, 11) is 0. The number of carbonyl (C=O) groups is 1. The minimum Gasteiger partial charge on any atom is -0.462 e. The molecule has 1 rings (SSSR count). The maximum atomic E-state index is 11.4. The number of nitrogens with zero attached hydrogens (tertiary/aromatic N) is 1. The zero-order chi connectivity index (χ0) is 11.3. The van der Waals surface area contributed by atoms with Gasteiger partial charge < -0.3 is 4.74 Å². The molecule has 1 heterocycles. The normalized spacial score (nSPS) is 9.27. The molecule has 0 unspecified atom stereocenters. The summed E-state index contributed by atoms with van der Waals surface area (Å²) in [5.74, 6) is 5.37. The number of carbonyl (C=O) groups excluding carboxylic acids is 1. The number of alkyl halides is 1. The minimum atomic E-state index is -0.320. The summed E-state index contributed by atoms with van der Waals surface area (Å²) in [5, 5.41) is 1.25. The lowest BCUT2D eigenvalue weighted by molar-refractivity contribution is 0.0531. The number of thiazole rings is 1. The van der Waals surface area contributed by atoms with Crippen LogP contribution in [-0.2, 0) is 4.74 Å². The fraction of sp³-hybridized carbons (Fsp3) is 0.400. The Kier molecular flexibility index (Phi) is 4.79. The van der Waals surface area contributed by atoms with Gasteiger partial charge in [-0.2, -0.15) is 0 Å². The maximum absolute atomic E-state index is 11.4. The number of aromatic nitrogens is 1. The molecule has 1 aromatic heterocycles. The van der Waals surface area contributed by atoms with Gasteiger partial charge in [0.05, 0.1) is 17.6 Å². The highest BCUT2D eigenvalue weighted by Crippen LogP contribution is 2.18. The van der Waals surface area contributed by atoms with Crippen molar-refractivity contribution in [3.05, 3.63) is 15.6 Å². The van der Waals surface area contributed by atoms with Gasteiger partial charge in [-0.25, -0.2) is 9.78 Å². The van der Waals surface area contributed by atoms with E-state index in [1.807, 2.05) is 0 Å². The Labute approximate surface area is 101 Å². The molecule has 0 fully saturated rings. The van der Waals surface area contributed by atoms with Crippen LogP contribution in [0.4, 0.5) is 0 Å². The van der Waals surface area contributed by atoms with E-state index in [2.05, 4.69) is 32.8 Å². The van der Waals surface area contributed by atoms with Gasteiger partial charge in [0.25, 0.3) is 0 Å². The van der Waals surface area contributed by atoms with Gasteiger partial charge in [-0.05, 0) is 19.8 Å². The lowest BCUT2D eigenvalue weighted by Crippen LogP contribution is -2.03. The highest BCUT2D eigenvalue weighted by atomic mass is 79.9. The first-order valence-corrected chi connectivity index (χ1v) is 6.32. The fourth-order valence-corrected chi connectivity index (χ4v) is 1.92. The highest BCUT2D eigenvalue weighted by Gasteiger charge is 2.15. The molecule has 0 aliphatic carbocycles. The third kappa shape index (κ3) is 3.33. The van der Waals surface area contributed by atoms with Crippen LogP contribution in [0.5, 0.6) is 0 Å². The van der Waals surface area contributed by atoms with Crippen molar-refractivity contribution in [2.45, 2.75) is 13.8 Å². The minimum absolute atomic E-state index is 0.320. The van der Waals surface area contributed by atoms with Crippen molar-refractivity contribution in [1.29, 1.82) is 0 Å². The molecule has 0 aliphatic heterocycles. The Morgan fingerprint density at radius 2 is 2.40 bits per heavy atom. The van der Waals surface area contributed by atoms with Crippen molar-refractivity contribution in [2.24, 2.45) is 0 Å². The molecule has 0 spiro atoms. The van der Waals surface area contributed by atoms with Gasteiger partial charge in [0.2, 0.25) is 0 Å². The molecular weight excluding hydrogens is 278 g/mol. The van der Waals surface area contributed by atoms with Crippen LogP contribution in [0.25, 0.3) is 0 Å². The molecule has 0 saturated heterocycles. The zero-order valence-electron chi connectivity index (χ0n) is 8.46. The number of aryl methyl sites for hydroxylation is 1. The van der Waals surface area contributed by atoms with E-state index in [1.54, 1.807) is 13.8 Å². The van der Waals surface area contributed by atoms with E-state index < -0.39 is 0 Å². The van der Waals surface area contributed by atoms with Crippen molar-refractivity contribution in [1.82, 2.24) is 4.98 Å². The predicted molar refractivity (Wildman–Crippen MR) is 63.5 cm³/mol. The second-order valence-corrected chi connectivity index (χ2v) is 4.15. The Bertz CT molecular complexity index is 417. The number of rotatable bonds is 2. The van der Waals surface area contributed by atoms with Crippen LogP contribution in [0.3, 0.4) is 0 Å². The van der Waals surface area contributed by atoms with Gasteiger partial charge in [-0.3, -0.25) is 0 Å². The molecule has 0 saturated carbocycles. The highest BCUT2D eigenvalue weighted by molar-refractivity contribution is 9.09. The number of halogens is 1. The first-order chi connectivity index (χ1) is 7.19. The lowest BCUT2D eigenvalue weighted by Gasteiger charge is -1.97. The van der Waals surface area contributed by atoms with E-state index in [4.69, 9.17) is 4.74 Å². The molecule has 0 radical (unpaired) electrons. The molecule has 3 nitrogen and oxygen atoms in total. The average Bonchev–Trinajstić information content (AvgIpc) is 2.57. The van der Waals surface area contributed by atoms with Gasteiger partial charge in [-0.1, -0.05) is 33.2 Å². The van der Waals surface area contributed by atoms with Crippen LogP contribution in [0.15, 0.2) is 0 Å². The molecule has 0 atom stereocenters. The third-order valence-electron chi connectivity index (χ3n) is 1.52. The monoisotopic (exact) mass is 287 g/mol. The summed E-state index contributed by atoms with van der Waals surface area (Å²) in [5.41, 5.74) is 0.678. The molecule has 1 aromatic rings. The number of ether oxygens (including phenoxy) is 1. The standard InChI is InChI=1S/C10H10BrNO2S/c1-3-14-10(13)9-7(2)12-8(15-9)5-4-6-11/h3,6H2,1-2H3. The molecule has 0 N–H and O–H groups in total. The van der Waals surface area contributed by atoms with E-state index in [-0.39, 0.29) is 5.97 Å². The number of hydrogen-bond donors (Lipinski definition) is 0. The second-order valence-electron chi connectivity index (χ2n) is 2.59. The van der Waals surface area contributed by atoms with Gasteiger partial charge in [0.1, 0.15) is 4.88 Å². The van der Waals surface area contributed by atoms with Crippen molar-refractivity contribution >= 4 is 33.2 Å². The van der Waals surface area contributed by atoms with Gasteiger partial charge >= 0.3 is 5.97 Å². The fourth-order valence-electron chi connectivity index (χ4n) is 0.945. The number of hydrogen-bond acceptors (Lipinski definition) is 4. The molecule has 0 bridgehead atoms. The average molecular weight is 288 g/mol. The molecule has 80 valence electrons. The van der Waals surface area contributed by atoms with Crippen molar-refractivity contribution in [3.8, 4) is 11.8 Å². The SMILES string of the molecule is CCOC(=O)c1sc(C#CCBr)nc1C. The largest absolute Gasteiger partial charge is 0.462 e. The van der Waals surface area contributed by atoms with Crippen molar-refractivity contribution < 1.29 is 9.53 Å². The molecule has 0 aliphatic rings. The summed E-state index contributed by atoms with van der Waals surface area (Å²) >= 11 is 4.46. The summed E-state index contributed by atoms with van der Waals surface area (Å²) in [6.07, 6.45) is 0. The topological polar surface area (TPSA) is 39.2 Å². The molecule has 5 heteroatoms. The van der Waals surface area contributed by atoms with Crippen LogP contribution in [0.1, 0.15) is 27.3 Å². The Morgan fingerprint density at radius 3 is 3.00 bits per heavy atom. The van der Waals surface area contributed by atoms with E-state index in [9.17, 15) is 4.79 Å². The van der Waals surface area contributed by atoms with Crippen LogP contribution < -0.4 is 0 Å². The molecule has 0 amide bonds. The zero-order valence-corrected chi connectivity index (χ0v) is 10.9. The van der Waals surface area contributed by atoms with E-state index in [1.165, 1.54) is 11.3 Å². The predicted octanol–water partition coefficient (Wildman–Crippen LogP) is 2.37. The van der Waals surface area contributed by atoms with E-state index >= 15 is 0 Å². The van der Waals surface area contributed by atoms with Gasteiger partial charge in [0, 0.05) is 0 Å². The maximum Gasteiger partial charge on any atom is 0.350 e. The third-order valence-corrected chi connectivity index (χ3v) is 2.85.